The maximum atomic E-state index is 12.3. The third kappa shape index (κ3) is 6.61. The Kier molecular flexibility index (Phi) is 6.89. The van der Waals surface area contributed by atoms with E-state index in [4.69, 9.17) is 10.00 Å². The first-order valence-electron chi connectivity index (χ1n) is 7.18. The number of ether oxygens (including phenoxy) is 1. The number of carbonyl (C=O) groups excluding carboxylic acids is 2. The van der Waals surface area contributed by atoms with Gasteiger partial charge in [-0.25, -0.2) is 4.79 Å². The molecular formula is C16H28N2O3. The largest absolute Gasteiger partial charge is 0.467 e. The number of hydrogen-bond donors (Lipinski definition) is 0. The van der Waals surface area contributed by atoms with Crippen LogP contribution in [0.1, 0.15) is 54.4 Å². The normalized spacial score (nSPS) is 13.2. The van der Waals surface area contributed by atoms with Crippen molar-refractivity contribution >= 4 is 11.9 Å². The van der Waals surface area contributed by atoms with Crippen LogP contribution < -0.4 is 0 Å². The van der Waals surface area contributed by atoms with Crippen molar-refractivity contribution in [3.05, 3.63) is 0 Å². The van der Waals surface area contributed by atoms with Crippen LogP contribution in [0.5, 0.6) is 0 Å². The van der Waals surface area contributed by atoms with Gasteiger partial charge in [0.15, 0.2) is 0 Å². The molecule has 5 nitrogen and oxygen atoms in total. The van der Waals surface area contributed by atoms with Crippen LogP contribution in [0.2, 0.25) is 0 Å². The van der Waals surface area contributed by atoms with Gasteiger partial charge in [-0.2, -0.15) is 5.26 Å². The Hall–Kier alpha value is -1.57. The van der Waals surface area contributed by atoms with Crippen LogP contribution in [0.4, 0.5) is 0 Å². The summed E-state index contributed by atoms with van der Waals surface area (Å²) >= 11 is 0. The molecule has 0 aromatic carbocycles. The van der Waals surface area contributed by atoms with Crippen molar-refractivity contribution in [3.63, 3.8) is 0 Å². The van der Waals surface area contributed by atoms with E-state index in [-0.39, 0.29) is 17.7 Å². The highest BCUT2D eigenvalue weighted by Gasteiger charge is 2.39. The summed E-state index contributed by atoms with van der Waals surface area (Å²) in [4.78, 5) is 25.9. The highest BCUT2D eigenvalue weighted by atomic mass is 16.5. The second-order valence-corrected chi connectivity index (χ2v) is 7.52. The second-order valence-electron chi connectivity index (χ2n) is 7.52. The van der Waals surface area contributed by atoms with Crippen molar-refractivity contribution in [3.8, 4) is 6.07 Å². The number of carbonyl (C=O) groups is 2. The number of methoxy groups -OCH3 is 1. The van der Waals surface area contributed by atoms with Crippen LogP contribution in [0.15, 0.2) is 0 Å². The fourth-order valence-corrected chi connectivity index (χ4v) is 2.08. The summed E-state index contributed by atoms with van der Waals surface area (Å²) in [5.41, 5.74) is -0.431. The summed E-state index contributed by atoms with van der Waals surface area (Å²) in [6.07, 6.45) is 0.515. The molecule has 5 heteroatoms. The Morgan fingerprint density at radius 1 is 1.19 bits per heavy atom. The molecular weight excluding hydrogens is 268 g/mol. The van der Waals surface area contributed by atoms with Gasteiger partial charge in [-0.15, -0.1) is 0 Å². The van der Waals surface area contributed by atoms with Crippen molar-refractivity contribution in [1.29, 1.82) is 5.26 Å². The lowest BCUT2D eigenvalue weighted by Crippen LogP contribution is -2.53. The molecule has 0 saturated heterocycles. The lowest BCUT2D eigenvalue weighted by atomic mass is 9.84. The first-order valence-corrected chi connectivity index (χ1v) is 7.18. The number of hydrogen-bond acceptors (Lipinski definition) is 4. The molecule has 1 atom stereocenters. The van der Waals surface area contributed by atoms with Gasteiger partial charge >= 0.3 is 5.97 Å². The predicted octanol–water partition coefficient (Wildman–Crippen LogP) is 2.75. The summed E-state index contributed by atoms with van der Waals surface area (Å²) in [5, 5.41) is 8.78. The average molecular weight is 296 g/mol. The molecule has 0 radical (unpaired) electrons. The van der Waals surface area contributed by atoms with Crippen molar-refractivity contribution in [1.82, 2.24) is 4.90 Å². The number of rotatable bonds is 5. The molecule has 0 heterocycles. The fraction of sp³-hybridized carbons (Fsp3) is 0.812. The van der Waals surface area contributed by atoms with Crippen LogP contribution in [-0.2, 0) is 14.3 Å². The van der Waals surface area contributed by atoms with Gasteiger partial charge < -0.3 is 9.64 Å². The van der Waals surface area contributed by atoms with Crippen molar-refractivity contribution in [2.24, 2.45) is 10.8 Å². The topological polar surface area (TPSA) is 70.4 Å². The molecule has 1 unspecified atom stereocenters. The van der Waals surface area contributed by atoms with Gasteiger partial charge in [-0.3, -0.25) is 4.79 Å². The Labute approximate surface area is 128 Å². The number of esters is 1. The van der Waals surface area contributed by atoms with Gasteiger partial charge in [0.05, 0.1) is 13.2 Å². The van der Waals surface area contributed by atoms with E-state index in [2.05, 4.69) is 20.8 Å². The van der Waals surface area contributed by atoms with Gasteiger partial charge in [0.25, 0.3) is 0 Å². The van der Waals surface area contributed by atoms with Crippen LogP contribution in [0, 0.1) is 22.2 Å². The van der Waals surface area contributed by atoms with Crippen molar-refractivity contribution < 1.29 is 14.3 Å². The molecule has 0 fully saturated rings. The monoisotopic (exact) mass is 296 g/mol. The Morgan fingerprint density at radius 2 is 1.71 bits per heavy atom. The van der Waals surface area contributed by atoms with Gasteiger partial charge in [0.1, 0.15) is 12.5 Å². The second kappa shape index (κ2) is 7.44. The van der Waals surface area contributed by atoms with Crippen LogP contribution in [-0.4, -0.2) is 36.5 Å². The highest BCUT2D eigenvalue weighted by Crippen LogP contribution is 2.28. The minimum atomic E-state index is -0.689. The maximum absolute atomic E-state index is 12.3. The third-order valence-electron chi connectivity index (χ3n) is 3.21. The molecule has 0 aromatic heterocycles. The minimum Gasteiger partial charge on any atom is -0.467 e. The first-order chi connectivity index (χ1) is 9.44. The molecule has 21 heavy (non-hydrogen) atoms. The lowest BCUT2D eigenvalue weighted by Gasteiger charge is -2.39. The van der Waals surface area contributed by atoms with Crippen molar-refractivity contribution in [2.45, 2.75) is 60.4 Å². The molecule has 120 valence electrons. The Bertz CT molecular complexity index is 411. The zero-order chi connectivity index (χ0) is 16.8. The van der Waals surface area contributed by atoms with E-state index < -0.39 is 17.4 Å². The van der Waals surface area contributed by atoms with E-state index in [9.17, 15) is 9.59 Å². The molecule has 0 aliphatic rings. The summed E-state index contributed by atoms with van der Waals surface area (Å²) in [7, 11) is 1.32. The van der Waals surface area contributed by atoms with Crippen LogP contribution in [0.3, 0.4) is 0 Å². The standard InChI is InChI=1S/C16H28N2O3/c1-15(2,3)9-11-18(12(19)8-10-17)13(14(20)21-7)16(4,5)6/h13H,8-9,11H2,1-7H3. The van der Waals surface area contributed by atoms with Gasteiger partial charge in [-0.1, -0.05) is 41.5 Å². The summed E-state index contributed by atoms with van der Waals surface area (Å²) < 4.78 is 4.86. The van der Waals surface area contributed by atoms with E-state index in [0.29, 0.717) is 6.54 Å². The number of nitriles is 1. The fourth-order valence-electron chi connectivity index (χ4n) is 2.08. The van der Waals surface area contributed by atoms with Crippen LogP contribution >= 0.6 is 0 Å². The lowest BCUT2D eigenvalue weighted by molar-refractivity contribution is -0.157. The molecule has 0 N–H and O–H groups in total. The first kappa shape index (κ1) is 19.4. The van der Waals surface area contributed by atoms with E-state index in [1.807, 2.05) is 26.8 Å². The van der Waals surface area contributed by atoms with E-state index in [0.717, 1.165) is 6.42 Å². The third-order valence-corrected chi connectivity index (χ3v) is 3.21. The molecule has 0 saturated carbocycles. The maximum Gasteiger partial charge on any atom is 0.329 e. The Balaban J connectivity index is 5.45. The Morgan fingerprint density at radius 3 is 2.05 bits per heavy atom. The number of nitrogens with zero attached hydrogens (tertiary/aromatic N) is 2. The summed E-state index contributed by atoms with van der Waals surface area (Å²) in [6.45, 7) is 12.3. The van der Waals surface area contributed by atoms with E-state index in [1.165, 1.54) is 12.0 Å². The van der Waals surface area contributed by atoms with Gasteiger partial charge in [0, 0.05) is 6.54 Å². The quantitative estimate of drug-likeness (QED) is 0.731. The smallest absolute Gasteiger partial charge is 0.329 e. The molecule has 0 bridgehead atoms. The predicted molar refractivity (Wildman–Crippen MR) is 81.3 cm³/mol. The minimum absolute atomic E-state index is 0.0315. The SMILES string of the molecule is COC(=O)C(N(CCC(C)(C)C)C(=O)CC#N)C(C)(C)C. The average Bonchev–Trinajstić information content (AvgIpc) is 2.30. The van der Waals surface area contributed by atoms with E-state index in [1.54, 1.807) is 0 Å². The molecule has 1 amide bonds. The zero-order valence-electron chi connectivity index (χ0n) is 14.3. The molecule has 0 rings (SSSR count). The summed E-state index contributed by atoms with van der Waals surface area (Å²) in [6, 6.07) is 1.18. The zero-order valence-corrected chi connectivity index (χ0v) is 14.3. The molecule has 0 aromatic rings. The van der Waals surface area contributed by atoms with Crippen molar-refractivity contribution in [2.75, 3.05) is 13.7 Å². The van der Waals surface area contributed by atoms with Crippen LogP contribution in [0.25, 0.3) is 0 Å². The van der Waals surface area contributed by atoms with E-state index >= 15 is 0 Å². The molecule has 0 spiro atoms. The highest BCUT2D eigenvalue weighted by molar-refractivity contribution is 5.86. The van der Waals surface area contributed by atoms with Gasteiger partial charge in [0.2, 0.25) is 5.91 Å². The molecule has 0 aliphatic heterocycles. The number of amides is 1. The van der Waals surface area contributed by atoms with Gasteiger partial charge in [-0.05, 0) is 17.3 Å². The summed E-state index contributed by atoms with van der Waals surface area (Å²) in [5.74, 6) is -0.769. The molecule has 0 aliphatic carbocycles.